The first-order valence-electron chi connectivity index (χ1n) is 11.7. The van der Waals surface area contributed by atoms with Gasteiger partial charge in [-0.25, -0.2) is 0 Å². The lowest BCUT2D eigenvalue weighted by atomic mass is 9.96. The fourth-order valence-electron chi connectivity index (χ4n) is 4.03. The zero-order valence-corrected chi connectivity index (χ0v) is 22.3. The lowest BCUT2D eigenvalue weighted by Gasteiger charge is -2.16. The van der Waals surface area contributed by atoms with E-state index in [1.54, 1.807) is 11.3 Å². The Kier molecular flexibility index (Phi) is 8.45. The van der Waals surface area contributed by atoms with Gasteiger partial charge >= 0.3 is 0 Å². The number of thiophene rings is 1. The van der Waals surface area contributed by atoms with Crippen molar-refractivity contribution in [2.24, 2.45) is 0 Å². The molecule has 0 aliphatic heterocycles. The second-order valence-corrected chi connectivity index (χ2v) is 11.3. The summed E-state index contributed by atoms with van der Waals surface area (Å²) in [4.78, 5) is 15.4. The van der Waals surface area contributed by atoms with Gasteiger partial charge < -0.3 is 16.0 Å². The Bertz CT molecular complexity index is 1260. The number of thiocarbonyl (C=S) groups is 1. The summed E-state index contributed by atoms with van der Waals surface area (Å²) in [7, 11) is 0. The molecule has 1 aliphatic carbocycles. The number of carbonyl (C=O) groups is 1. The molecule has 2 aromatic carbocycles. The Hall–Kier alpha value is -2.86. The third kappa shape index (κ3) is 6.43. The molecule has 0 saturated heterocycles. The summed E-state index contributed by atoms with van der Waals surface area (Å²) in [6.07, 6.45) is 4.85. The third-order valence-corrected chi connectivity index (χ3v) is 8.63. The molecule has 3 N–H and O–H groups in total. The van der Waals surface area contributed by atoms with Crippen LogP contribution in [0.5, 0.6) is 0 Å². The van der Waals surface area contributed by atoms with Crippen molar-refractivity contribution in [3.8, 4) is 6.07 Å². The number of aryl methyl sites for hydroxylation is 2. The zero-order chi connectivity index (χ0) is 24.8. The summed E-state index contributed by atoms with van der Waals surface area (Å²) in [5.74, 6) is -0.0671. The first-order chi connectivity index (χ1) is 17.0. The molecule has 1 heterocycles. The van der Waals surface area contributed by atoms with Crippen molar-refractivity contribution in [3.05, 3.63) is 70.1 Å². The molecule has 8 heteroatoms. The molecule has 0 spiro atoms. The van der Waals surface area contributed by atoms with Gasteiger partial charge in [-0.15, -0.1) is 23.1 Å². The van der Waals surface area contributed by atoms with Crippen LogP contribution in [0, 0.1) is 18.3 Å². The number of thioether (sulfide) groups is 1. The number of benzene rings is 2. The smallest absolute Gasteiger partial charge is 0.238 e. The second kappa shape index (κ2) is 11.7. The van der Waals surface area contributed by atoms with Crippen molar-refractivity contribution >= 4 is 62.7 Å². The summed E-state index contributed by atoms with van der Waals surface area (Å²) in [6, 6.07) is 18.2. The molecule has 5 nitrogen and oxygen atoms in total. The van der Waals surface area contributed by atoms with Gasteiger partial charge in [0.25, 0.3) is 0 Å². The molecule has 1 aliphatic rings. The topological polar surface area (TPSA) is 76.9 Å². The SMILES string of the molecule is CCC(Sc1cccc(NC(=S)Nc2ccc(C)cc2)c1)C(=O)Nc1sc2c(c1C#N)CCCC2. The minimum atomic E-state index is -0.270. The Morgan fingerprint density at radius 2 is 1.86 bits per heavy atom. The number of nitrogens with zero attached hydrogens (tertiary/aromatic N) is 1. The molecule has 4 rings (SSSR count). The van der Waals surface area contributed by atoms with Gasteiger partial charge in [0.2, 0.25) is 5.91 Å². The average molecular weight is 521 g/mol. The monoisotopic (exact) mass is 520 g/mol. The van der Waals surface area contributed by atoms with E-state index < -0.39 is 0 Å². The van der Waals surface area contributed by atoms with Crippen LogP contribution in [0.25, 0.3) is 0 Å². The molecule has 35 heavy (non-hydrogen) atoms. The highest BCUT2D eigenvalue weighted by Gasteiger charge is 2.24. The average Bonchev–Trinajstić information content (AvgIpc) is 3.21. The molecule has 1 atom stereocenters. The van der Waals surface area contributed by atoms with Gasteiger partial charge in [-0.05, 0) is 87.1 Å². The van der Waals surface area contributed by atoms with Gasteiger partial charge in [0.1, 0.15) is 11.1 Å². The molecule has 0 saturated carbocycles. The maximum atomic E-state index is 13.1. The van der Waals surface area contributed by atoms with Crippen LogP contribution in [0.4, 0.5) is 16.4 Å². The van der Waals surface area contributed by atoms with Gasteiger partial charge in [0, 0.05) is 21.1 Å². The molecule has 1 unspecified atom stereocenters. The highest BCUT2D eigenvalue weighted by atomic mass is 32.2. The highest BCUT2D eigenvalue weighted by molar-refractivity contribution is 8.00. The minimum Gasteiger partial charge on any atom is -0.332 e. The number of nitrogens with one attached hydrogen (secondary N) is 3. The number of hydrogen-bond acceptors (Lipinski definition) is 5. The number of fused-ring (bicyclic) bond motifs is 1. The summed E-state index contributed by atoms with van der Waals surface area (Å²) in [6.45, 7) is 4.05. The Morgan fingerprint density at radius 1 is 1.11 bits per heavy atom. The molecule has 1 amide bonds. The Labute approximate surface area is 220 Å². The van der Waals surface area contributed by atoms with Crippen LogP contribution in [-0.4, -0.2) is 16.3 Å². The third-order valence-electron chi connectivity index (χ3n) is 5.86. The number of nitriles is 1. The number of rotatable bonds is 7. The summed E-state index contributed by atoms with van der Waals surface area (Å²) >= 11 is 8.54. The van der Waals surface area contributed by atoms with Crippen LogP contribution >= 0.6 is 35.3 Å². The fourth-order valence-corrected chi connectivity index (χ4v) is 6.52. The van der Waals surface area contributed by atoms with Crippen LogP contribution < -0.4 is 16.0 Å². The number of amides is 1. The fraction of sp³-hybridized carbons (Fsp3) is 0.296. The molecule has 180 valence electrons. The normalized spacial score (nSPS) is 13.3. The molecule has 3 aromatic rings. The van der Waals surface area contributed by atoms with Crippen molar-refractivity contribution in [1.29, 1.82) is 5.26 Å². The van der Waals surface area contributed by atoms with Crippen LogP contribution in [0.2, 0.25) is 0 Å². The zero-order valence-electron chi connectivity index (χ0n) is 19.8. The number of hydrogen-bond donors (Lipinski definition) is 3. The molecule has 0 bridgehead atoms. The highest BCUT2D eigenvalue weighted by Crippen LogP contribution is 2.38. The van der Waals surface area contributed by atoms with Crippen LogP contribution in [0.15, 0.2) is 53.4 Å². The first-order valence-corrected chi connectivity index (χ1v) is 13.8. The van der Waals surface area contributed by atoms with Crippen molar-refractivity contribution in [3.63, 3.8) is 0 Å². The van der Waals surface area contributed by atoms with Crippen LogP contribution in [0.3, 0.4) is 0 Å². The van der Waals surface area contributed by atoms with Gasteiger partial charge in [0.15, 0.2) is 5.11 Å². The maximum Gasteiger partial charge on any atom is 0.238 e. The molecular weight excluding hydrogens is 493 g/mol. The van der Waals surface area contributed by atoms with E-state index >= 15 is 0 Å². The van der Waals surface area contributed by atoms with Crippen molar-refractivity contribution < 1.29 is 4.79 Å². The van der Waals surface area contributed by atoms with E-state index in [0.29, 0.717) is 22.1 Å². The van der Waals surface area contributed by atoms with Crippen LogP contribution in [0.1, 0.15) is 47.8 Å². The van der Waals surface area contributed by atoms with E-state index in [0.717, 1.165) is 47.5 Å². The van der Waals surface area contributed by atoms with E-state index in [1.165, 1.54) is 22.2 Å². The molecule has 1 aromatic heterocycles. The molecular formula is C27H28N4OS3. The van der Waals surface area contributed by atoms with Gasteiger partial charge in [0.05, 0.1) is 10.8 Å². The Balaban J connectivity index is 1.40. The lowest BCUT2D eigenvalue weighted by Crippen LogP contribution is -2.24. The van der Waals surface area contributed by atoms with Gasteiger partial charge in [-0.1, -0.05) is 30.7 Å². The van der Waals surface area contributed by atoms with E-state index in [1.807, 2.05) is 62.4 Å². The largest absolute Gasteiger partial charge is 0.332 e. The predicted octanol–water partition coefficient (Wildman–Crippen LogP) is 7.13. The molecule has 0 radical (unpaired) electrons. The standard InChI is InChI=1S/C27H28N4OS3/c1-3-23(25(32)31-26-22(16-28)21-9-4-5-10-24(21)35-26)34-20-8-6-7-19(15-20)30-27(33)29-18-13-11-17(2)12-14-18/h6-8,11-15,23H,3-5,9-10H2,1-2H3,(H,31,32)(H2,29,30,33). The quantitative estimate of drug-likeness (QED) is 0.227. The van der Waals surface area contributed by atoms with Crippen molar-refractivity contribution in [1.82, 2.24) is 0 Å². The number of carbonyl (C=O) groups excluding carboxylic acids is 1. The van der Waals surface area contributed by atoms with E-state index in [4.69, 9.17) is 12.2 Å². The van der Waals surface area contributed by atoms with E-state index in [9.17, 15) is 10.1 Å². The minimum absolute atomic E-state index is 0.0671. The van der Waals surface area contributed by atoms with E-state index in [-0.39, 0.29) is 11.2 Å². The second-order valence-electron chi connectivity index (χ2n) is 8.50. The number of anilines is 3. The van der Waals surface area contributed by atoms with Crippen molar-refractivity contribution in [2.75, 3.05) is 16.0 Å². The molecule has 0 fully saturated rings. The summed E-state index contributed by atoms with van der Waals surface area (Å²) in [5, 5.41) is 20.1. The first kappa shape index (κ1) is 25.2. The Morgan fingerprint density at radius 3 is 2.60 bits per heavy atom. The predicted molar refractivity (Wildman–Crippen MR) is 152 cm³/mol. The summed E-state index contributed by atoms with van der Waals surface area (Å²) < 4.78 is 0. The van der Waals surface area contributed by atoms with E-state index in [2.05, 4.69) is 22.0 Å². The maximum absolute atomic E-state index is 13.1. The lowest BCUT2D eigenvalue weighted by molar-refractivity contribution is -0.115. The van der Waals surface area contributed by atoms with Crippen LogP contribution in [-0.2, 0) is 17.6 Å². The summed E-state index contributed by atoms with van der Waals surface area (Å²) in [5.41, 5.74) is 4.75. The van der Waals surface area contributed by atoms with Gasteiger partial charge in [-0.2, -0.15) is 5.26 Å². The van der Waals surface area contributed by atoms with Gasteiger partial charge in [-0.3, -0.25) is 4.79 Å². The van der Waals surface area contributed by atoms with Crippen molar-refractivity contribution in [2.45, 2.75) is 56.1 Å².